The summed E-state index contributed by atoms with van der Waals surface area (Å²) in [5.41, 5.74) is -2.53. The van der Waals surface area contributed by atoms with Crippen LogP contribution >= 0.6 is 0 Å². The molecule has 0 saturated heterocycles. The number of hydrogen-bond donors (Lipinski definition) is 3. The third-order valence-corrected chi connectivity index (χ3v) is 5.00. The Kier molecular flexibility index (Phi) is 5.83. The molecule has 2 amide bonds. The standard InChI is InChI=1S/C20H17F4N5O2/c1-25-16-14(20(22,23)24)8-12(10-27-16)28-18(31)19(6-3-7-19)29-11-4-5-13(15(21)9-11)17(30)26-2/h4-5,8-10,29H,3,6-7H2,2H3,(H,26,30)(H,28,31). The van der Waals surface area contributed by atoms with Crippen LogP contribution in [-0.4, -0.2) is 29.4 Å². The highest BCUT2D eigenvalue weighted by Gasteiger charge is 2.44. The number of alkyl halides is 3. The van der Waals surface area contributed by atoms with E-state index in [1.165, 1.54) is 19.2 Å². The molecule has 0 atom stereocenters. The normalized spacial score (nSPS) is 14.7. The SMILES string of the molecule is [C-]#[N+]c1ncc(NC(=O)C2(Nc3ccc(C(=O)NC)c(F)c3)CCC2)cc1C(F)(F)F. The summed E-state index contributed by atoms with van der Waals surface area (Å²) in [5.74, 6) is -2.81. The second-order valence-corrected chi connectivity index (χ2v) is 6.99. The van der Waals surface area contributed by atoms with Crippen LogP contribution in [0.1, 0.15) is 35.2 Å². The van der Waals surface area contributed by atoms with Gasteiger partial charge in [0.2, 0.25) is 5.91 Å². The zero-order valence-corrected chi connectivity index (χ0v) is 16.2. The highest BCUT2D eigenvalue weighted by molar-refractivity contribution is 6.01. The second-order valence-electron chi connectivity index (χ2n) is 6.99. The fourth-order valence-electron chi connectivity index (χ4n) is 3.20. The highest BCUT2D eigenvalue weighted by atomic mass is 19.4. The predicted octanol–water partition coefficient (Wildman–Crippen LogP) is 4.12. The lowest BCUT2D eigenvalue weighted by Crippen LogP contribution is -2.54. The van der Waals surface area contributed by atoms with Gasteiger partial charge in [-0.2, -0.15) is 13.2 Å². The van der Waals surface area contributed by atoms with Gasteiger partial charge in [0.1, 0.15) is 17.6 Å². The van der Waals surface area contributed by atoms with Gasteiger partial charge >= 0.3 is 6.18 Å². The first-order chi connectivity index (χ1) is 14.6. The molecule has 11 heteroatoms. The number of anilines is 2. The molecular formula is C20H17F4N5O2. The summed E-state index contributed by atoms with van der Waals surface area (Å²) in [6.07, 6.45) is -2.40. The molecule has 1 fully saturated rings. The monoisotopic (exact) mass is 435 g/mol. The summed E-state index contributed by atoms with van der Waals surface area (Å²) in [7, 11) is 1.37. The molecule has 1 aromatic carbocycles. The molecule has 1 aliphatic rings. The Morgan fingerprint density at radius 1 is 1.19 bits per heavy atom. The lowest BCUT2D eigenvalue weighted by Gasteiger charge is -2.41. The van der Waals surface area contributed by atoms with E-state index in [-0.39, 0.29) is 16.9 Å². The van der Waals surface area contributed by atoms with Crippen molar-refractivity contribution in [3.63, 3.8) is 0 Å². The van der Waals surface area contributed by atoms with Gasteiger partial charge in [0.25, 0.3) is 11.7 Å². The van der Waals surface area contributed by atoms with E-state index in [1.807, 2.05) is 0 Å². The average molecular weight is 435 g/mol. The number of aromatic nitrogens is 1. The maximum Gasteiger partial charge on any atom is 0.409 e. The van der Waals surface area contributed by atoms with Crippen LogP contribution in [0.25, 0.3) is 4.85 Å². The molecule has 1 heterocycles. The number of halogens is 4. The fraction of sp³-hybridized carbons (Fsp3) is 0.300. The topological polar surface area (TPSA) is 87.5 Å². The van der Waals surface area contributed by atoms with E-state index in [0.717, 1.165) is 12.3 Å². The molecule has 0 spiro atoms. The lowest BCUT2D eigenvalue weighted by atomic mass is 9.75. The number of nitrogens with zero attached hydrogens (tertiary/aromatic N) is 2. The summed E-state index contributed by atoms with van der Waals surface area (Å²) in [6.45, 7) is 6.82. The van der Waals surface area contributed by atoms with Crippen LogP contribution in [0.2, 0.25) is 0 Å². The summed E-state index contributed by atoms with van der Waals surface area (Å²) in [5, 5.41) is 7.64. The molecule has 3 rings (SSSR count). The number of carbonyl (C=O) groups is 2. The molecule has 3 N–H and O–H groups in total. The minimum Gasteiger partial charge on any atom is -0.371 e. The second kappa shape index (κ2) is 8.22. The molecule has 7 nitrogen and oxygen atoms in total. The molecule has 162 valence electrons. The first-order valence-electron chi connectivity index (χ1n) is 9.15. The third kappa shape index (κ3) is 4.42. The van der Waals surface area contributed by atoms with Crippen LogP contribution in [0.3, 0.4) is 0 Å². The number of rotatable bonds is 5. The van der Waals surface area contributed by atoms with Crippen molar-refractivity contribution in [2.45, 2.75) is 31.0 Å². The van der Waals surface area contributed by atoms with Crippen LogP contribution in [0, 0.1) is 12.4 Å². The number of pyridine rings is 1. The minimum absolute atomic E-state index is 0.161. The first kappa shape index (κ1) is 22.0. The van der Waals surface area contributed by atoms with Crippen LogP contribution in [0.4, 0.5) is 34.8 Å². The average Bonchev–Trinajstić information content (AvgIpc) is 2.69. The van der Waals surface area contributed by atoms with Crippen molar-refractivity contribution in [2.24, 2.45) is 0 Å². The molecule has 31 heavy (non-hydrogen) atoms. The van der Waals surface area contributed by atoms with Gasteiger partial charge in [0.05, 0.1) is 16.8 Å². The van der Waals surface area contributed by atoms with Crippen molar-refractivity contribution in [3.05, 3.63) is 58.8 Å². The number of hydrogen-bond acceptors (Lipinski definition) is 4. The molecule has 0 aliphatic heterocycles. The van der Waals surface area contributed by atoms with Gasteiger partial charge in [0.15, 0.2) is 0 Å². The molecule has 0 radical (unpaired) electrons. The van der Waals surface area contributed by atoms with Gasteiger partial charge in [-0.15, -0.1) is 4.98 Å². The minimum atomic E-state index is -4.80. The smallest absolute Gasteiger partial charge is 0.371 e. The largest absolute Gasteiger partial charge is 0.409 e. The maximum absolute atomic E-state index is 14.2. The number of nitrogens with one attached hydrogen (secondary N) is 3. The van der Waals surface area contributed by atoms with Crippen LogP contribution in [-0.2, 0) is 11.0 Å². The van der Waals surface area contributed by atoms with Gasteiger partial charge in [-0.3, -0.25) is 9.59 Å². The molecular weight excluding hydrogens is 418 g/mol. The zero-order valence-electron chi connectivity index (χ0n) is 16.2. The third-order valence-electron chi connectivity index (χ3n) is 5.00. The first-order valence-corrected chi connectivity index (χ1v) is 9.15. The molecule has 0 bridgehead atoms. The van der Waals surface area contributed by atoms with Gasteiger partial charge in [0, 0.05) is 12.7 Å². The van der Waals surface area contributed by atoms with Crippen molar-refractivity contribution in [1.82, 2.24) is 10.3 Å². The van der Waals surface area contributed by atoms with Crippen LogP contribution in [0.15, 0.2) is 30.5 Å². The summed E-state index contributed by atoms with van der Waals surface area (Å²) in [4.78, 5) is 30.7. The van der Waals surface area contributed by atoms with E-state index < -0.39 is 40.7 Å². The van der Waals surface area contributed by atoms with Crippen molar-refractivity contribution < 1.29 is 27.2 Å². The molecule has 1 aliphatic carbocycles. The molecule has 0 unspecified atom stereocenters. The van der Waals surface area contributed by atoms with Crippen LogP contribution < -0.4 is 16.0 Å². The van der Waals surface area contributed by atoms with Gasteiger partial charge in [-0.05, 0) is 43.5 Å². The Bertz CT molecular complexity index is 1070. The molecule has 1 aromatic heterocycles. The quantitative estimate of drug-likeness (QED) is 0.487. The lowest BCUT2D eigenvalue weighted by molar-refractivity contribution is -0.137. The molecule has 2 aromatic rings. The highest BCUT2D eigenvalue weighted by Crippen LogP contribution is 2.39. The van der Waals surface area contributed by atoms with E-state index in [9.17, 15) is 27.2 Å². The van der Waals surface area contributed by atoms with Gasteiger partial charge in [-0.25, -0.2) is 4.39 Å². The van der Waals surface area contributed by atoms with Gasteiger partial charge < -0.3 is 20.8 Å². The summed E-state index contributed by atoms with van der Waals surface area (Å²) in [6, 6.07) is 4.44. The van der Waals surface area contributed by atoms with E-state index >= 15 is 0 Å². The van der Waals surface area contributed by atoms with Crippen molar-refractivity contribution in [3.8, 4) is 0 Å². The van der Waals surface area contributed by atoms with E-state index in [2.05, 4.69) is 25.8 Å². The fourth-order valence-corrected chi connectivity index (χ4v) is 3.20. The Balaban J connectivity index is 1.82. The Morgan fingerprint density at radius 3 is 2.42 bits per heavy atom. The van der Waals surface area contributed by atoms with Gasteiger partial charge in [-0.1, -0.05) is 6.57 Å². The van der Waals surface area contributed by atoms with Crippen molar-refractivity contribution in [2.75, 3.05) is 17.7 Å². The number of benzene rings is 1. The number of amides is 2. The van der Waals surface area contributed by atoms with E-state index in [1.54, 1.807) is 0 Å². The van der Waals surface area contributed by atoms with Crippen molar-refractivity contribution in [1.29, 1.82) is 0 Å². The predicted molar refractivity (Wildman–Crippen MR) is 104 cm³/mol. The van der Waals surface area contributed by atoms with E-state index in [4.69, 9.17) is 6.57 Å². The van der Waals surface area contributed by atoms with E-state index in [0.29, 0.717) is 25.3 Å². The van der Waals surface area contributed by atoms with Crippen molar-refractivity contribution >= 4 is 29.0 Å². The Morgan fingerprint density at radius 2 is 1.90 bits per heavy atom. The summed E-state index contributed by atoms with van der Waals surface area (Å²) >= 11 is 0. The zero-order chi connectivity index (χ0) is 22.8. The Hall–Kier alpha value is -3.68. The summed E-state index contributed by atoms with van der Waals surface area (Å²) < 4.78 is 53.6. The molecule has 1 saturated carbocycles. The Labute approximate surface area is 174 Å². The van der Waals surface area contributed by atoms with Crippen LogP contribution in [0.5, 0.6) is 0 Å². The maximum atomic E-state index is 14.2. The number of carbonyl (C=O) groups excluding carboxylic acids is 2.